The van der Waals surface area contributed by atoms with E-state index in [2.05, 4.69) is 5.32 Å². The summed E-state index contributed by atoms with van der Waals surface area (Å²) in [5, 5.41) is 11.4. The van der Waals surface area contributed by atoms with Gasteiger partial charge in [-0.25, -0.2) is 4.79 Å². The second-order valence-corrected chi connectivity index (χ2v) is 4.89. The van der Waals surface area contributed by atoms with Crippen LogP contribution in [-0.2, 0) is 9.59 Å². The molecule has 1 atom stereocenters. The minimum atomic E-state index is -1.07. The maximum Gasteiger partial charge on any atom is 0.326 e. The van der Waals surface area contributed by atoms with E-state index in [1.54, 1.807) is 38.1 Å². The van der Waals surface area contributed by atoms with Gasteiger partial charge in [-0.1, -0.05) is 26.0 Å². The second kappa shape index (κ2) is 7.23. The number of carbonyl (C=O) groups excluding carboxylic acids is 2. The first-order valence-electron chi connectivity index (χ1n) is 6.42. The molecule has 1 unspecified atom stereocenters. The molecule has 0 aliphatic heterocycles. The Bertz CT molecular complexity index is 562. The Balaban J connectivity index is 2.69. The number of nitrogens with one attached hydrogen (secondary N) is 1. The molecule has 1 rings (SSSR count). The molecule has 0 fully saturated rings. The molecule has 21 heavy (non-hydrogen) atoms. The van der Waals surface area contributed by atoms with Crippen LogP contribution in [0.4, 0.5) is 0 Å². The Labute approximate surface area is 122 Å². The van der Waals surface area contributed by atoms with Crippen molar-refractivity contribution in [1.29, 1.82) is 0 Å². The fraction of sp³-hybridized carbons (Fsp3) is 0.267. The van der Waals surface area contributed by atoms with Gasteiger partial charge < -0.3 is 16.2 Å². The van der Waals surface area contributed by atoms with Crippen molar-refractivity contribution in [2.24, 2.45) is 11.7 Å². The molecule has 0 aliphatic carbocycles. The molecule has 1 aromatic carbocycles. The van der Waals surface area contributed by atoms with Crippen LogP contribution in [0, 0.1) is 5.92 Å². The monoisotopic (exact) mass is 290 g/mol. The van der Waals surface area contributed by atoms with Gasteiger partial charge in [0.2, 0.25) is 11.8 Å². The molecule has 0 saturated heterocycles. The van der Waals surface area contributed by atoms with Crippen LogP contribution in [0.15, 0.2) is 30.3 Å². The van der Waals surface area contributed by atoms with Crippen molar-refractivity contribution >= 4 is 23.9 Å². The van der Waals surface area contributed by atoms with Gasteiger partial charge in [-0.2, -0.15) is 0 Å². The van der Waals surface area contributed by atoms with Crippen LogP contribution in [0.3, 0.4) is 0 Å². The highest BCUT2D eigenvalue weighted by atomic mass is 16.4. The summed E-state index contributed by atoms with van der Waals surface area (Å²) in [7, 11) is 0. The molecule has 6 nitrogen and oxygen atoms in total. The number of amides is 2. The number of benzene rings is 1. The number of carboxylic acids is 1. The zero-order chi connectivity index (χ0) is 16.0. The Hall–Kier alpha value is -2.63. The lowest BCUT2D eigenvalue weighted by Gasteiger charge is -2.16. The third-order valence-corrected chi connectivity index (χ3v) is 2.85. The van der Waals surface area contributed by atoms with Crippen molar-refractivity contribution in [2.45, 2.75) is 19.9 Å². The minimum Gasteiger partial charge on any atom is -0.480 e. The number of aliphatic carboxylic acids is 1. The fourth-order valence-electron chi connectivity index (χ4n) is 1.65. The molecule has 0 aliphatic rings. The predicted octanol–water partition coefficient (Wildman–Crippen LogP) is 1.02. The predicted molar refractivity (Wildman–Crippen MR) is 78.4 cm³/mol. The van der Waals surface area contributed by atoms with Crippen LogP contribution in [-0.4, -0.2) is 28.9 Å². The summed E-state index contributed by atoms with van der Waals surface area (Å²) >= 11 is 0. The van der Waals surface area contributed by atoms with E-state index in [1.165, 1.54) is 12.2 Å². The van der Waals surface area contributed by atoms with Crippen molar-refractivity contribution in [1.82, 2.24) is 5.32 Å². The van der Waals surface area contributed by atoms with Gasteiger partial charge in [0.25, 0.3) is 0 Å². The van der Waals surface area contributed by atoms with Crippen molar-refractivity contribution in [3.8, 4) is 0 Å². The van der Waals surface area contributed by atoms with Gasteiger partial charge in [0.05, 0.1) is 0 Å². The summed E-state index contributed by atoms with van der Waals surface area (Å²) in [5.41, 5.74) is 6.20. The highest BCUT2D eigenvalue weighted by Gasteiger charge is 2.22. The molecular weight excluding hydrogens is 272 g/mol. The molecule has 0 saturated carbocycles. The van der Waals surface area contributed by atoms with Gasteiger partial charge in [0.1, 0.15) is 6.04 Å². The number of hydrogen-bond donors (Lipinski definition) is 3. The van der Waals surface area contributed by atoms with Crippen molar-refractivity contribution in [3.63, 3.8) is 0 Å². The summed E-state index contributed by atoms with van der Waals surface area (Å²) in [6.07, 6.45) is 2.77. The van der Waals surface area contributed by atoms with E-state index in [0.717, 1.165) is 0 Å². The van der Waals surface area contributed by atoms with Crippen LogP contribution in [0.5, 0.6) is 0 Å². The smallest absolute Gasteiger partial charge is 0.326 e. The van der Waals surface area contributed by atoms with E-state index in [0.29, 0.717) is 11.1 Å². The van der Waals surface area contributed by atoms with E-state index in [9.17, 15) is 14.4 Å². The van der Waals surface area contributed by atoms with Gasteiger partial charge in [-0.3, -0.25) is 9.59 Å². The van der Waals surface area contributed by atoms with Crippen LogP contribution >= 0.6 is 0 Å². The molecule has 0 spiro atoms. The lowest BCUT2D eigenvalue weighted by atomic mass is 10.0. The van der Waals surface area contributed by atoms with E-state index in [1.807, 2.05) is 0 Å². The van der Waals surface area contributed by atoms with Gasteiger partial charge in [-0.05, 0) is 29.7 Å². The number of carbonyl (C=O) groups is 3. The SMILES string of the molecule is CC(C)C(NC(=O)/C=C/c1ccc(C(N)=O)cc1)C(=O)O. The van der Waals surface area contributed by atoms with E-state index >= 15 is 0 Å². The summed E-state index contributed by atoms with van der Waals surface area (Å²) in [5.74, 6) is -2.30. The topological polar surface area (TPSA) is 109 Å². The Morgan fingerprint density at radius 2 is 1.76 bits per heavy atom. The maximum atomic E-state index is 11.7. The fourth-order valence-corrected chi connectivity index (χ4v) is 1.65. The first-order chi connectivity index (χ1) is 9.81. The molecule has 112 valence electrons. The lowest BCUT2D eigenvalue weighted by Crippen LogP contribution is -2.43. The lowest BCUT2D eigenvalue weighted by molar-refractivity contribution is -0.142. The average Bonchev–Trinajstić information content (AvgIpc) is 2.42. The zero-order valence-electron chi connectivity index (χ0n) is 11.9. The van der Waals surface area contributed by atoms with Gasteiger partial charge >= 0.3 is 5.97 Å². The van der Waals surface area contributed by atoms with Crippen molar-refractivity contribution < 1.29 is 19.5 Å². The zero-order valence-corrected chi connectivity index (χ0v) is 11.9. The molecule has 1 aromatic rings. The number of primary amides is 1. The summed E-state index contributed by atoms with van der Waals surface area (Å²) in [6.45, 7) is 3.43. The number of nitrogens with two attached hydrogens (primary N) is 1. The van der Waals surface area contributed by atoms with Crippen LogP contribution in [0.1, 0.15) is 29.8 Å². The third-order valence-electron chi connectivity index (χ3n) is 2.85. The molecule has 6 heteroatoms. The Kier molecular flexibility index (Phi) is 5.66. The highest BCUT2D eigenvalue weighted by molar-refractivity contribution is 5.95. The van der Waals surface area contributed by atoms with Crippen molar-refractivity contribution in [3.05, 3.63) is 41.5 Å². The van der Waals surface area contributed by atoms with Gasteiger partial charge in [0.15, 0.2) is 0 Å². The normalized spacial score (nSPS) is 12.3. The molecular formula is C15H18N2O4. The average molecular weight is 290 g/mol. The second-order valence-electron chi connectivity index (χ2n) is 4.89. The largest absolute Gasteiger partial charge is 0.480 e. The maximum absolute atomic E-state index is 11.7. The molecule has 0 radical (unpaired) electrons. The van der Waals surface area contributed by atoms with Gasteiger partial charge in [0, 0.05) is 11.6 Å². The van der Waals surface area contributed by atoms with E-state index < -0.39 is 23.8 Å². The Morgan fingerprint density at radius 3 is 2.19 bits per heavy atom. The quantitative estimate of drug-likeness (QED) is 0.679. The first-order valence-corrected chi connectivity index (χ1v) is 6.42. The van der Waals surface area contributed by atoms with Crippen LogP contribution in [0.25, 0.3) is 6.08 Å². The molecule has 0 bridgehead atoms. The molecule has 4 N–H and O–H groups in total. The Morgan fingerprint density at radius 1 is 1.19 bits per heavy atom. The third kappa shape index (κ3) is 5.10. The number of hydrogen-bond acceptors (Lipinski definition) is 3. The highest BCUT2D eigenvalue weighted by Crippen LogP contribution is 2.06. The van der Waals surface area contributed by atoms with E-state index in [-0.39, 0.29) is 5.92 Å². The van der Waals surface area contributed by atoms with Crippen LogP contribution < -0.4 is 11.1 Å². The minimum absolute atomic E-state index is 0.213. The van der Waals surface area contributed by atoms with Crippen molar-refractivity contribution in [2.75, 3.05) is 0 Å². The molecule has 0 heterocycles. The molecule has 0 aromatic heterocycles. The number of rotatable bonds is 6. The summed E-state index contributed by atoms with van der Waals surface area (Å²) in [6, 6.07) is 5.45. The number of carboxylic acid groups (broad SMARTS) is 1. The molecule has 2 amide bonds. The van der Waals surface area contributed by atoms with Crippen LogP contribution in [0.2, 0.25) is 0 Å². The van der Waals surface area contributed by atoms with E-state index in [4.69, 9.17) is 10.8 Å². The summed E-state index contributed by atoms with van der Waals surface area (Å²) in [4.78, 5) is 33.6. The van der Waals surface area contributed by atoms with Gasteiger partial charge in [-0.15, -0.1) is 0 Å². The summed E-state index contributed by atoms with van der Waals surface area (Å²) < 4.78 is 0. The standard InChI is InChI=1S/C15H18N2O4/c1-9(2)13(15(20)21)17-12(18)8-5-10-3-6-11(7-4-10)14(16)19/h3-9,13H,1-2H3,(H2,16,19)(H,17,18)(H,20,21)/b8-5+. The first kappa shape index (κ1) is 16.4.